The van der Waals surface area contributed by atoms with Crippen LogP contribution in [0.15, 0.2) is 53.3 Å². The molecule has 1 unspecified atom stereocenters. The van der Waals surface area contributed by atoms with Crippen molar-refractivity contribution in [2.24, 2.45) is 5.92 Å². The zero-order valence-corrected chi connectivity index (χ0v) is 18.0. The number of aromatic nitrogens is 3. The molecule has 9 heteroatoms. The Kier molecular flexibility index (Phi) is 6.44. The lowest BCUT2D eigenvalue weighted by molar-refractivity contribution is -0.126. The monoisotopic (exact) mass is 435 g/mol. The molecule has 1 aliphatic rings. The number of carbonyl (C=O) groups is 2. The highest BCUT2D eigenvalue weighted by Crippen LogP contribution is 2.31. The molecule has 0 bridgehead atoms. The average Bonchev–Trinajstić information content (AvgIpc) is 3.31. The van der Waals surface area contributed by atoms with Crippen molar-refractivity contribution in [1.82, 2.24) is 20.4 Å². The summed E-state index contributed by atoms with van der Waals surface area (Å²) in [5.41, 5.74) is 1.51. The predicted molar refractivity (Wildman–Crippen MR) is 117 cm³/mol. The lowest BCUT2D eigenvalue weighted by atomic mass is 10.0. The van der Waals surface area contributed by atoms with E-state index >= 15 is 0 Å². The van der Waals surface area contributed by atoms with E-state index in [2.05, 4.69) is 20.4 Å². The molecule has 3 aromatic rings. The second-order valence-corrected chi connectivity index (χ2v) is 7.84. The molecular formula is C23H25N5O4. The first kappa shape index (κ1) is 21.5. The number of nitrogens with zero attached hydrogens (tertiary/aromatic N) is 4. The summed E-state index contributed by atoms with van der Waals surface area (Å²) in [4.78, 5) is 35.5. The Balaban J connectivity index is 1.37. The van der Waals surface area contributed by atoms with E-state index in [9.17, 15) is 9.59 Å². The maximum atomic E-state index is 12.8. The minimum absolute atomic E-state index is 0.0199. The Morgan fingerprint density at radius 2 is 1.91 bits per heavy atom. The third-order valence-corrected chi connectivity index (χ3v) is 5.22. The van der Waals surface area contributed by atoms with Crippen LogP contribution in [0.2, 0.25) is 0 Å². The second-order valence-electron chi connectivity index (χ2n) is 7.84. The first-order valence-corrected chi connectivity index (χ1v) is 10.6. The number of hydrogen-bond donors (Lipinski definition) is 1. The lowest BCUT2D eigenvalue weighted by Crippen LogP contribution is -2.39. The Bertz CT molecular complexity index is 1080. The van der Waals surface area contributed by atoms with Crippen LogP contribution >= 0.6 is 0 Å². The fourth-order valence-electron chi connectivity index (χ4n) is 3.52. The van der Waals surface area contributed by atoms with Gasteiger partial charge in [0.25, 0.3) is 0 Å². The first-order chi connectivity index (χ1) is 15.5. The molecule has 0 aliphatic carbocycles. The minimum Gasteiger partial charge on any atom is -0.490 e. The van der Waals surface area contributed by atoms with Gasteiger partial charge in [0.1, 0.15) is 18.4 Å². The normalized spacial score (nSPS) is 13.9. The van der Waals surface area contributed by atoms with E-state index < -0.39 is 6.04 Å². The van der Waals surface area contributed by atoms with Gasteiger partial charge in [-0.2, -0.15) is 4.98 Å². The number of pyridine rings is 1. The molecule has 9 nitrogen and oxygen atoms in total. The first-order valence-electron chi connectivity index (χ1n) is 10.6. The van der Waals surface area contributed by atoms with Crippen molar-refractivity contribution in [3.05, 3.63) is 54.7 Å². The van der Waals surface area contributed by atoms with Crippen molar-refractivity contribution >= 4 is 17.5 Å². The molecular weight excluding hydrogens is 410 g/mol. The molecule has 1 aliphatic heterocycles. The quantitative estimate of drug-likeness (QED) is 0.607. The smallest absolute Gasteiger partial charge is 0.249 e. The highest BCUT2D eigenvalue weighted by Gasteiger charge is 2.27. The molecule has 0 radical (unpaired) electrons. The van der Waals surface area contributed by atoms with Crippen molar-refractivity contribution < 1.29 is 18.8 Å². The average molecular weight is 435 g/mol. The van der Waals surface area contributed by atoms with Gasteiger partial charge in [-0.25, -0.2) is 0 Å². The van der Waals surface area contributed by atoms with E-state index in [4.69, 9.17) is 9.26 Å². The zero-order chi connectivity index (χ0) is 22.5. The molecule has 3 heterocycles. The van der Waals surface area contributed by atoms with Crippen molar-refractivity contribution in [3.63, 3.8) is 0 Å². The number of carbonyl (C=O) groups excluding carboxylic acids is 2. The number of anilines is 1. The summed E-state index contributed by atoms with van der Waals surface area (Å²) in [7, 11) is 0. The third-order valence-electron chi connectivity index (χ3n) is 5.22. The number of rotatable bonds is 7. The van der Waals surface area contributed by atoms with Gasteiger partial charge in [0.15, 0.2) is 0 Å². The van der Waals surface area contributed by atoms with E-state index in [1.807, 2.05) is 38.1 Å². The van der Waals surface area contributed by atoms with Crippen LogP contribution in [-0.4, -0.2) is 40.1 Å². The van der Waals surface area contributed by atoms with Gasteiger partial charge in [0.05, 0.1) is 12.2 Å². The second kappa shape index (κ2) is 9.59. The maximum absolute atomic E-state index is 12.8. The molecule has 0 saturated heterocycles. The zero-order valence-electron chi connectivity index (χ0n) is 18.0. The van der Waals surface area contributed by atoms with Crippen LogP contribution in [0.4, 0.5) is 5.69 Å². The van der Waals surface area contributed by atoms with Gasteiger partial charge in [0, 0.05) is 30.8 Å². The number of benzene rings is 1. The number of nitrogens with one attached hydrogen (secondary N) is 1. The summed E-state index contributed by atoms with van der Waals surface area (Å²) in [6.07, 6.45) is 3.46. The van der Waals surface area contributed by atoms with Crippen LogP contribution in [0.3, 0.4) is 0 Å². The molecule has 0 spiro atoms. The van der Waals surface area contributed by atoms with Gasteiger partial charge in [-0.1, -0.05) is 31.1 Å². The molecule has 4 rings (SSSR count). The van der Waals surface area contributed by atoms with Crippen LogP contribution < -0.4 is 15.0 Å². The Hall–Kier alpha value is -3.75. The number of hydrogen-bond acceptors (Lipinski definition) is 7. The van der Waals surface area contributed by atoms with Gasteiger partial charge < -0.3 is 19.5 Å². The lowest BCUT2D eigenvalue weighted by Gasteiger charge is -2.29. The molecule has 2 amide bonds. The summed E-state index contributed by atoms with van der Waals surface area (Å²) in [6.45, 7) is 4.81. The summed E-state index contributed by atoms with van der Waals surface area (Å²) >= 11 is 0. The van der Waals surface area contributed by atoms with Gasteiger partial charge in [-0.3, -0.25) is 14.6 Å². The minimum atomic E-state index is -0.454. The van der Waals surface area contributed by atoms with E-state index in [-0.39, 0.29) is 30.6 Å². The standard InChI is InChI=1S/C23H25N5O4/c1-15(2)21(23-26-22(27-32-23)16-9-11-24-12-10-16)25-19(29)7-8-20(30)28-13-14-31-18-6-4-3-5-17(18)28/h3-6,9-12,15,21H,7-8,13-14H2,1-2H3,(H,25,29). The van der Waals surface area contributed by atoms with Crippen LogP contribution in [0.5, 0.6) is 5.75 Å². The summed E-state index contributed by atoms with van der Waals surface area (Å²) < 4.78 is 11.0. The number of ether oxygens (including phenoxy) is 1. The highest BCUT2D eigenvalue weighted by molar-refractivity contribution is 5.97. The molecule has 1 atom stereocenters. The number of para-hydroxylation sites is 2. The van der Waals surface area contributed by atoms with Crippen LogP contribution in [0, 0.1) is 5.92 Å². The predicted octanol–water partition coefficient (Wildman–Crippen LogP) is 3.15. The molecule has 0 saturated carbocycles. The molecule has 32 heavy (non-hydrogen) atoms. The maximum Gasteiger partial charge on any atom is 0.249 e. The summed E-state index contributed by atoms with van der Waals surface area (Å²) in [5.74, 6) is 1.10. The van der Waals surface area contributed by atoms with Crippen LogP contribution in [-0.2, 0) is 9.59 Å². The molecule has 1 N–H and O–H groups in total. The van der Waals surface area contributed by atoms with Gasteiger partial charge in [-0.15, -0.1) is 0 Å². The fourth-order valence-corrected chi connectivity index (χ4v) is 3.52. The number of amides is 2. The molecule has 2 aromatic heterocycles. The Morgan fingerprint density at radius 1 is 1.12 bits per heavy atom. The van der Waals surface area contributed by atoms with Crippen molar-refractivity contribution in [3.8, 4) is 17.1 Å². The van der Waals surface area contributed by atoms with Crippen LogP contribution in [0.25, 0.3) is 11.4 Å². The molecule has 166 valence electrons. The Labute approximate surface area is 185 Å². The fraction of sp³-hybridized carbons (Fsp3) is 0.348. The van der Waals surface area contributed by atoms with Crippen molar-refractivity contribution in [1.29, 1.82) is 0 Å². The topological polar surface area (TPSA) is 110 Å². The van der Waals surface area contributed by atoms with Crippen molar-refractivity contribution in [2.75, 3.05) is 18.1 Å². The summed E-state index contributed by atoms with van der Waals surface area (Å²) in [6, 6.07) is 10.5. The van der Waals surface area contributed by atoms with Gasteiger partial charge in [0.2, 0.25) is 23.5 Å². The Morgan fingerprint density at radius 3 is 2.69 bits per heavy atom. The van der Waals surface area contributed by atoms with Gasteiger partial charge >= 0.3 is 0 Å². The van der Waals surface area contributed by atoms with Crippen molar-refractivity contribution in [2.45, 2.75) is 32.7 Å². The highest BCUT2D eigenvalue weighted by atomic mass is 16.5. The van der Waals surface area contributed by atoms with E-state index in [1.54, 1.807) is 29.4 Å². The number of fused-ring (bicyclic) bond motifs is 1. The largest absolute Gasteiger partial charge is 0.490 e. The molecule has 0 fully saturated rings. The van der Waals surface area contributed by atoms with Gasteiger partial charge in [-0.05, 0) is 30.2 Å². The summed E-state index contributed by atoms with van der Waals surface area (Å²) in [5, 5.41) is 6.95. The molecule has 1 aromatic carbocycles. The van der Waals surface area contributed by atoms with E-state index in [0.29, 0.717) is 30.6 Å². The van der Waals surface area contributed by atoms with Crippen LogP contribution in [0.1, 0.15) is 38.6 Å². The SMILES string of the molecule is CC(C)C(NC(=O)CCC(=O)N1CCOc2ccccc21)c1nc(-c2ccncc2)no1. The van der Waals surface area contributed by atoms with E-state index in [1.165, 1.54) is 0 Å². The third kappa shape index (κ3) is 4.77. The van der Waals surface area contributed by atoms with E-state index in [0.717, 1.165) is 11.3 Å².